The van der Waals surface area contributed by atoms with Crippen LogP contribution in [0.3, 0.4) is 0 Å². The first-order valence-electron chi connectivity index (χ1n) is 9.23. The van der Waals surface area contributed by atoms with Gasteiger partial charge in [-0.25, -0.2) is 0 Å². The second-order valence-corrected chi connectivity index (χ2v) is 8.55. The number of carbonyl (C=O) groups is 1. The molecule has 5 heteroatoms. The fourth-order valence-corrected chi connectivity index (χ4v) is 3.88. The van der Waals surface area contributed by atoms with E-state index in [2.05, 4.69) is 47.8 Å². The zero-order valence-electron chi connectivity index (χ0n) is 16.1. The lowest BCUT2D eigenvalue weighted by Crippen LogP contribution is -2.47. The molecular weight excluding hydrogens is 390 g/mol. The molecule has 0 atom stereocenters. The van der Waals surface area contributed by atoms with Crippen LogP contribution >= 0.6 is 23.4 Å². The lowest BCUT2D eigenvalue weighted by molar-refractivity contribution is -0.134. The maximum absolute atomic E-state index is 12.5. The first-order valence-corrected chi connectivity index (χ1v) is 10.8. The molecule has 0 heterocycles. The van der Waals surface area contributed by atoms with E-state index in [9.17, 15) is 4.79 Å². The van der Waals surface area contributed by atoms with Crippen molar-refractivity contribution >= 4 is 40.0 Å². The van der Waals surface area contributed by atoms with Gasteiger partial charge in [-0.2, -0.15) is 11.8 Å². The van der Waals surface area contributed by atoms with Crippen LogP contribution in [0.4, 0.5) is 0 Å². The van der Waals surface area contributed by atoms with Crippen molar-refractivity contribution in [3.8, 4) is 5.75 Å². The summed E-state index contributed by atoms with van der Waals surface area (Å²) in [6.45, 7) is 4.13. The molecule has 0 aliphatic rings. The predicted molar refractivity (Wildman–Crippen MR) is 119 cm³/mol. The third kappa shape index (κ3) is 5.43. The van der Waals surface area contributed by atoms with Gasteiger partial charge < -0.3 is 10.1 Å². The number of rotatable bonds is 8. The van der Waals surface area contributed by atoms with Crippen molar-refractivity contribution in [3.05, 3.63) is 77.3 Å². The van der Waals surface area contributed by atoms with E-state index in [1.807, 2.05) is 11.8 Å². The number of nitrogens with one attached hydrogen (secondary N) is 1. The molecule has 3 nitrogen and oxygen atoms in total. The number of hydrogen-bond donors (Lipinski definition) is 1. The van der Waals surface area contributed by atoms with E-state index in [1.54, 1.807) is 38.1 Å². The van der Waals surface area contributed by atoms with Gasteiger partial charge in [-0.1, -0.05) is 54.1 Å². The molecule has 3 aromatic rings. The van der Waals surface area contributed by atoms with Crippen molar-refractivity contribution in [1.82, 2.24) is 5.32 Å². The van der Waals surface area contributed by atoms with Gasteiger partial charge in [-0.3, -0.25) is 4.79 Å². The molecule has 28 heavy (non-hydrogen) atoms. The Bertz CT molecular complexity index is 935. The SMILES string of the molecule is CC(C)(Oc1ccc(Cl)cc1)C(=O)NCCSCc1cccc2ccccc12. The summed E-state index contributed by atoms with van der Waals surface area (Å²) < 4.78 is 5.82. The molecule has 0 saturated heterocycles. The molecule has 0 aliphatic carbocycles. The Morgan fingerprint density at radius 2 is 1.75 bits per heavy atom. The maximum Gasteiger partial charge on any atom is 0.263 e. The molecule has 0 aromatic heterocycles. The largest absolute Gasteiger partial charge is 0.478 e. The van der Waals surface area contributed by atoms with Crippen LogP contribution in [0.25, 0.3) is 10.8 Å². The number of thioether (sulfide) groups is 1. The van der Waals surface area contributed by atoms with E-state index in [1.165, 1.54) is 16.3 Å². The minimum absolute atomic E-state index is 0.131. The van der Waals surface area contributed by atoms with Crippen molar-refractivity contribution in [2.24, 2.45) is 0 Å². The number of amides is 1. The van der Waals surface area contributed by atoms with Crippen LogP contribution in [0.15, 0.2) is 66.7 Å². The van der Waals surface area contributed by atoms with Crippen molar-refractivity contribution in [2.45, 2.75) is 25.2 Å². The van der Waals surface area contributed by atoms with Crippen LogP contribution in [0.2, 0.25) is 5.02 Å². The van der Waals surface area contributed by atoms with Gasteiger partial charge in [0.1, 0.15) is 5.75 Å². The Kier molecular flexibility index (Phi) is 6.87. The summed E-state index contributed by atoms with van der Waals surface area (Å²) in [5.41, 5.74) is 0.370. The summed E-state index contributed by atoms with van der Waals surface area (Å²) in [6.07, 6.45) is 0. The Morgan fingerprint density at radius 3 is 2.54 bits per heavy atom. The van der Waals surface area contributed by atoms with Crippen LogP contribution < -0.4 is 10.1 Å². The number of halogens is 1. The first kappa shape index (κ1) is 20.6. The summed E-state index contributed by atoms with van der Waals surface area (Å²) in [5, 5.41) is 6.15. The van der Waals surface area contributed by atoms with Crippen molar-refractivity contribution in [3.63, 3.8) is 0 Å². The monoisotopic (exact) mass is 413 g/mol. The van der Waals surface area contributed by atoms with Crippen LogP contribution in [0, 0.1) is 0 Å². The summed E-state index contributed by atoms with van der Waals surface area (Å²) in [6, 6.07) is 21.8. The third-order valence-electron chi connectivity index (χ3n) is 4.40. The lowest BCUT2D eigenvalue weighted by Gasteiger charge is -2.25. The van der Waals surface area contributed by atoms with Gasteiger partial charge in [0.2, 0.25) is 0 Å². The van der Waals surface area contributed by atoms with E-state index in [0.29, 0.717) is 17.3 Å². The standard InChI is InChI=1S/C23H24ClNO2S/c1-23(2,27-20-12-10-19(24)11-13-20)22(26)25-14-15-28-16-18-8-5-7-17-6-3-4-9-21(17)18/h3-13H,14-16H2,1-2H3,(H,25,26). The van der Waals surface area contributed by atoms with Gasteiger partial charge >= 0.3 is 0 Å². The fourth-order valence-electron chi connectivity index (χ4n) is 2.89. The van der Waals surface area contributed by atoms with Gasteiger partial charge in [-0.05, 0) is 54.4 Å². The van der Waals surface area contributed by atoms with E-state index in [-0.39, 0.29) is 5.91 Å². The highest BCUT2D eigenvalue weighted by molar-refractivity contribution is 7.98. The molecule has 3 rings (SSSR count). The summed E-state index contributed by atoms with van der Waals surface area (Å²) >= 11 is 7.69. The number of fused-ring (bicyclic) bond motifs is 1. The second kappa shape index (κ2) is 9.35. The molecule has 0 bridgehead atoms. The normalized spacial score (nSPS) is 11.4. The second-order valence-electron chi connectivity index (χ2n) is 7.01. The van der Waals surface area contributed by atoms with Gasteiger partial charge in [0, 0.05) is 23.1 Å². The maximum atomic E-state index is 12.5. The number of ether oxygens (including phenoxy) is 1. The topological polar surface area (TPSA) is 38.3 Å². The zero-order valence-corrected chi connectivity index (χ0v) is 17.6. The molecule has 0 fully saturated rings. The quantitative estimate of drug-likeness (QED) is 0.481. The van der Waals surface area contributed by atoms with Crippen LogP contribution in [0.1, 0.15) is 19.4 Å². The molecule has 3 aromatic carbocycles. The Morgan fingerprint density at radius 1 is 1.04 bits per heavy atom. The molecule has 1 amide bonds. The van der Waals surface area contributed by atoms with Crippen molar-refractivity contribution < 1.29 is 9.53 Å². The van der Waals surface area contributed by atoms with E-state index in [4.69, 9.17) is 16.3 Å². The smallest absolute Gasteiger partial charge is 0.263 e. The van der Waals surface area contributed by atoms with Gasteiger partial charge in [0.25, 0.3) is 5.91 Å². The van der Waals surface area contributed by atoms with Crippen LogP contribution in [0.5, 0.6) is 5.75 Å². The summed E-state index contributed by atoms with van der Waals surface area (Å²) in [7, 11) is 0. The first-order chi connectivity index (χ1) is 13.5. The zero-order chi connectivity index (χ0) is 20.0. The number of carbonyl (C=O) groups excluding carboxylic acids is 1. The molecule has 0 radical (unpaired) electrons. The molecule has 0 saturated carbocycles. The van der Waals surface area contributed by atoms with Gasteiger partial charge in [0.15, 0.2) is 5.60 Å². The third-order valence-corrected chi connectivity index (χ3v) is 5.66. The van der Waals surface area contributed by atoms with Gasteiger partial charge in [-0.15, -0.1) is 0 Å². The molecule has 0 aliphatic heterocycles. The highest BCUT2D eigenvalue weighted by atomic mass is 35.5. The molecule has 146 valence electrons. The van der Waals surface area contributed by atoms with Crippen molar-refractivity contribution in [2.75, 3.05) is 12.3 Å². The van der Waals surface area contributed by atoms with Gasteiger partial charge in [0.05, 0.1) is 0 Å². The fraction of sp³-hybridized carbons (Fsp3) is 0.261. The number of benzene rings is 3. The average Bonchev–Trinajstić information content (AvgIpc) is 2.69. The summed E-state index contributed by atoms with van der Waals surface area (Å²) in [5.74, 6) is 2.25. The minimum atomic E-state index is -0.950. The predicted octanol–water partition coefficient (Wildman–Crippen LogP) is 5.70. The van der Waals surface area contributed by atoms with E-state index in [0.717, 1.165) is 11.5 Å². The highest BCUT2D eigenvalue weighted by Gasteiger charge is 2.29. The minimum Gasteiger partial charge on any atom is -0.478 e. The Hall–Kier alpha value is -2.17. The number of hydrogen-bond acceptors (Lipinski definition) is 3. The highest BCUT2D eigenvalue weighted by Crippen LogP contribution is 2.23. The van der Waals surface area contributed by atoms with E-state index >= 15 is 0 Å². The lowest BCUT2D eigenvalue weighted by atomic mass is 10.1. The van der Waals surface area contributed by atoms with Crippen LogP contribution in [-0.4, -0.2) is 23.8 Å². The summed E-state index contributed by atoms with van der Waals surface area (Å²) in [4.78, 5) is 12.5. The van der Waals surface area contributed by atoms with Crippen molar-refractivity contribution in [1.29, 1.82) is 0 Å². The molecular formula is C23H24ClNO2S. The molecule has 1 N–H and O–H groups in total. The molecule has 0 unspecified atom stereocenters. The average molecular weight is 414 g/mol. The molecule has 0 spiro atoms. The van der Waals surface area contributed by atoms with E-state index < -0.39 is 5.60 Å². The van der Waals surface area contributed by atoms with Crippen LogP contribution in [-0.2, 0) is 10.5 Å². The Balaban J connectivity index is 1.45. The Labute approximate surface area is 175 Å².